The molecule has 0 saturated carbocycles. The maximum atomic E-state index is 12.2. The quantitative estimate of drug-likeness (QED) is 0.809. The Morgan fingerprint density at radius 1 is 1.33 bits per heavy atom. The average molecular weight is 370 g/mol. The number of hydrogen-bond donors (Lipinski definition) is 2. The Morgan fingerprint density at radius 3 is 2.81 bits per heavy atom. The summed E-state index contributed by atoms with van der Waals surface area (Å²) in [6, 6.07) is 10.3. The van der Waals surface area contributed by atoms with Gasteiger partial charge >= 0.3 is 0 Å². The van der Waals surface area contributed by atoms with E-state index in [9.17, 15) is 4.79 Å². The van der Waals surface area contributed by atoms with Crippen LogP contribution in [0, 0.1) is 0 Å². The minimum absolute atomic E-state index is 0.228. The molecular weight excluding hydrogens is 356 g/mol. The van der Waals surface area contributed by atoms with Crippen LogP contribution in [0.2, 0.25) is 5.02 Å². The maximum Gasteiger partial charge on any atom is 0.252 e. The van der Waals surface area contributed by atoms with Crippen LogP contribution in [0.4, 0.5) is 5.69 Å². The molecule has 0 atom stereocenters. The lowest BCUT2D eigenvalue weighted by Crippen LogP contribution is -2.23. The molecule has 0 aliphatic carbocycles. The molecule has 21 heavy (non-hydrogen) atoms. The molecule has 2 aromatic rings. The van der Waals surface area contributed by atoms with E-state index < -0.39 is 0 Å². The summed E-state index contributed by atoms with van der Waals surface area (Å²) in [5.41, 5.74) is 7.65. The SMILES string of the molecule is COc1ccc(N)cc1CNC(=O)c1cc(Cl)ccc1Br. The summed E-state index contributed by atoms with van der Waals surface area (Å²) in [5.74, 6) is 0.448. The molecule has 3 N–H and O–H groups in total. The first-order chi connectivity index (χ1) is 10.0. The van der Waals surface area contributed by atoms with Gasteiger partial charge in [0.15, 0.2) is 0 Å². The van der Waals surface area contributed by atoms with Gasteiger partial charge in [0.25, 0.3) is 5.91 Å². The van der Waals surface area contributed by atoms with Gasteiger partial charge in [-0.15, -0.1) is 0 Å². The summed E-state index contributed by atoms with van der Waals surface area (Å²) in [7, 11) is 1.57. The second kappa shape index (κ2) is 6.83. The summed E-state index contributed by atoms with van der Waals surface area (Å²) in [4.78, 5) is 12.2. The number of nitrogens with one attached hydrogen (secondary N) is 1. The number of ether oxygens (including phenoxy) is 1. The summed E-state index contributed by atoms with van der Waals surface area (Å²) in [5, 5.41) is 3.33. The largest absolute Gasteiger partial charge is 0.496 e. The number of nitrogens with two attached hydrogens (primary N) is 1. The number of carbonyl (C=O) groups is 1. The number of carbonyl (C=O) groups excluding carboxylic acids is 1. The molecular formula is C15H14BrClN2O2. The van der Waals surface area contributed by atoms with Crippen molar-refractivity contribution >= 4 is 39.1 Å². The van der Waals surface area contributed by atoms with Crippen LogP contribution >= 0.6 is 27.5 Å². The fraction of sp³-hybridized carbons (Fsp3) is 0.133. The first-order valence-corrected chi connectivity index (χ1v) is 7.34. The summed E-state index contributed by atoms with van der Waals surface area (Å²) in [6.07, 6.45) is 0. The second-order valence-electron chi connectivity index (χ2n) is 4.38. The van der Waals surface area contributed by atoms with Gasteiger partial charge in [-0.05, 0) is 52.3 Å². The van der Waals surface area contributed by atoms with E-state index in [-0.39, 0.29) is 5.91 Å². The molecule has 0 aliphatic rings. The standard InChI is InChI=1S/C15H14BrClN2O2/c1-21-14-5-3-11(18)6-9(14)8-19-15(20)12-7-10(17)2-4-13(12)16/h2-7H,8,18H2,1H3,(H,19,20). The molecule has 6 heteroatoms. The van der Waals surface area contributed by atoms with Crippen molar-refractivity contribution in [3.8, 4) is 5.75 Å². The molecule has 4 nitrogen and oxygen atoms in total. The molecule has 0 aromatic heterocycles. The Morgan fingerprint density at radius 2 is 2.10 bits per heavy atom. The average Bonchev–Trinajstić information content (AvgIpc) is 2.47. The van der Waals surface area contributed by atoms with Crippen molar-refractivity contribution in [2.45, 2.75) is 6.54 Å². The normalized spacial score (nSPS) is 10.2. The smallest absolute Gasteiger partial charge is 0.252 e. The van der Waals surface area contributed by atoms with Crippen molar-refractivity contribution in [1.82, 2.24) is 5.32 Å². The number of amides is 1. The molecule has 2 aromatic carbocycles. The topological polar surface area (TPSA) is 64.3 Å². The monoisotopic (exact) mass is 368 g/mol. The number of benzene rings is 2. The molecule has 0 bridgehead atoms. The van der Waals surface area contributed by atoms with Crippen LogP contribution in [0.1, 0.15) is 15.9 Å². The van der Waals surface area contributed by atoms with Gasteiger partial charge in [-0.1, -0.05) is 11.6 Å². The van der Waals surface area contributed by atoms with Gasteiger partial charge in [0.1, 0.15) is 5.75 Å². The van der Waals surface area contributed by atoms with Crippen LogP contribution < -0.4 is 15.8 Å². The third-order valence-electron chi connectivity index (χ3n) is 2.92. The van der Waals surface area contributed by atoms with Crippen molar-refractivity contribution in [3.05, 3.63) is 57.0 Å². The first-order valence-electron chi connectivity index (χ1n) is 6.17. The lowest BCUT2D eigenvalue weighted by atomic mass is 10.1. The van der Waals surface area contributed by atoms with E-state index in [1.54, 1.807) is 43.5 Å². The third-order valence-corrected chi connectivity index (χ3v) is 3.84. The van der Waals surface area contributed by atoms with Gasteiger partial charge in [-0.25, -0.2) is 0 Å². The van der Waals surface area contributed by atoms with E-state index in [2.05, 4.69) is 21.2 Å². The second-order valence-corrected chi connectivity index (χ2v) is 5.67. The summed E-state index contributed by atoms with van der Waals surface area (Å²) >= 11 is 9.24. The molecule has 0 saturated heterocycles. The zero-order valence-electron chi connectivity index (χ0n) is 11.3. The van der Waals surface area contributed by atoms with Crippen molar-refractivity contribution < 1.29 is 9.53 Å². The van der Waals surface area contributed by atoms with Crippen LogP contribution in [0.5, 0.6) is 5.75 Å². The molecule has 0 radical (unpaired) electrons. The molecule has 0 spiro atoms. The van der Waals surface area contributed by atoms with Gasteiger partial charge in [0, 0.05) is 27.3 Å². The Balaban J connectivity index is 2.14. The fourth-order valence-electron chi connectivity index (χ4n) is 1.88. The van der Waals surface area contributed by atoms with Gasteiger partial charge in [0.2, 0.25) is 0 Å². The van der Waals surface area contributed by atoms with E-state index in [1.807, 2.05) is 0 Å². The fourth-order valence-corrected chi connectivity index (χ4v) is 2.48. The number of halogens is 2. The number of rotatable bonds is 4. The summed E-state index contributed by atoms with van der Waals surface area (Å²) < 4.78 is 5.93. The third kappa shape index (κ3) is 3.89. The van der Waals surface area contributed by atoms with E-state index >= 15 is 0 Å². The van der Waals surface area contributed by atoms with Crippen LogP contribution in [-0.4, -0.2) is 13.0 Å². The highest BCUT2D eigenvalue weighted by Gasteiger charge is 2.12. The highest BCUT2D eigenvalue weighted by Crippen LogP contribution is 2.23. The number of nitrogen functional groups attached to an aromatic ring is 1. The van der Waals surface area contributed by atoms with E-state index in [0.29, 0.717) is 33.0 Å². The lowest BCUT2D eigenvalue weighted by molar-refractivity contribution is 0.0950. The van der Waals surface area contributed by atoms with E-state index in [0.717, 1.165) is 5.56 Å². The van der Waals surface area contributed by atoms with E-state index in [4.69, 9.17) is 22.1 Å². The van der Waals surface area contributed by atoms with Crippen LogP contribution in [0.3, 0.4) is 0 Å². The molecule has 1 amide bonds. The Bertz CT molecular complexity index is 677. The molecule has 2 rings (SSSR count). The van der Waals surface area contributed by atoms with Gasteiger partial charge in [-0.2, -0.15) is 0 Å². The molecule has 0 aliphatic heterocycles. The number of methoxy groups -OCH3 is 1. The van der Waals surface area contributed by atoms with Crippen LogP contribution in [-0.2, 0) is 6.54 Å². The van der Waals surface area contributed by atoms with Gasteiger partial charge in [-0.3, -0.25) is 4.79 Å². The highest BCUT2D eigenvalue weighted by atomic mass is 79.9. The maximum absolute atomic E-state index is 12.2. The Hall–Kier alpha value is -1.72. The number of hydrogen-bond acceptors (Lipinski definition) is 3. The predicted octanol–water partition coefficient (Wildman–Crippen LogP) is 3.62. The lowest BCUT2D eigenvalue weighted by Gasteiger charge is -2.11. The highest BCUT2D eigenvalue weighted by molar-refractivity contribution is 9.10. The first kappa shape index (κ1) is 15.7. The van der Waals surface area contributed by atoms with Crippen molar-refractivity contribution in [1.29, 1.82) is 0 Å². The van der Waals surface area contributed by atoms with Crippen LogP contribution in [0.25, 0.3) is 0 Å². The molecule has 110 valence electrons. The Labute approximate surface area is 136 Å². The van der Waals surface area contributed by atoms with Gasteiger partial charge < -0.3 is 15.8 Å². The van der Waals surface area contributed by atoms with Crippen LogP contribution in [0.15, 0.2) is 40.9 Å². The molecule has 0 unspecified atom stereocenters. The van der Waals surface area contributed by atoms with Crippen molar-refractivity contribution in [2.24, 2.45) is 0 Å². The predicted molar refractivity (Wildman–Crippen MR) is 87.7 cm³/mol. The van der Waals surface area contributed by atoms with Gasteiger partial charge in [0.05, 0.1) is 12.7 Å². The minimum atomic E-state index is -0.228. The number of anilines is 1. The van der Waals surface area contributed by atoms with Crippen molar-refractivity contribution in [3.63, 3.8) is 0 Å². The van der Waals surface area contributed by atoms with E-state index in [1.165, 1.54) is 0 Å². The van der Waals surface area contributed by atoms with Crippen molar-refractivity contribution in [2.75, 3.05) is 12.8 Å². The Kier molecular flexibility index (Phi) is 5.09. The zero-order valence-corrected chi connectivity index (χ0v) is 13.7. The molecule has 0 fully saturated rings. The summed E-state index contributed by atoms with van der Waals surface area (Å²) in [6.45, 7) is 0.312. The minimum Gasteiger partial charge on any atom is -0.496 e. The zero-order chi connectivity index (χ0) is 15.4. The molecule has 0 heterocycles.